The molecular formula is C24H29ClN4O2. The van der Waals surface area contributed by atoms with Crippen LogP contribution in [0.2, 0.25) is 5.02 Å². The molecule has 1 atom stereocenters. The lowest BCUT2D eigenvalue weighted by Gasteiger charge is -2.60. The van der Waals surface area contributed by atoms with Crippen molar-refractivity contribution in [2.24, 2.45) is 17.3 Å². The van der Waals surface area contributed by atoms with Crippen LogP contribution in [0.3, 0.4) is 0 Å². The van der Waals surface area contributed by atoms with E-state index in [1.807, 2.05) is 13.1 Å². The van der Waals surface area contributed by atoms with Crippen molar-refractivity contribution < 1.29 is 4.79 Å². The summed E-state index contributed by atoms with van der Waals surface area (Å²) in [7, 11) is 1.84. The molecule has 1 aromatic carbocycles. The molecular weight excluding hydrogens is 412 g/mol. The number of benzene rings is 1. The number of H-pyrrole nitrogens is 1. The Bertz CT molecular complexity index is 1070. The molecule has 6 nitrogen and oxygen atoms in total. The van der Waals surface area contributed by atoms with E-state index in [9.17, 15) is 9.59 Å². The molecule has 2 aromatic rings. The van der Waals surface area contributed by atoms with Crippen LogP contribution in [0, 0.1) is 17.3 Å². The molecule has 31 heavy (non-hydrogen) atoms. The first-order valence-electron chi connectivity index (χ1n) is 11.1. The number of fused-ring (bicyclic) bond motifs is 1. The largest absolute Gasteiger partial charge is 0.337 e. The number of carbonyl (C=O) groups excluding carboxylic acids is 1. The Kier molecular flexibility index (Phi) is 5.18. The van der Waals surface area contributed by atoms with E-state index < -0.39 is 0 Å². The van der Waals surface area contributed by atoms with Crippen LogP contribution < -0.4 is 5.56 Å². The summed E-state index contributed by atoms with van der Waals surface area (Å²) in [5.74, 6) is 1.25. The normalized spacial score (nSPS) is 21.1. The summed E-state index contributed by atoms with van der Waals surface area (Å²) >= 11 is 6.31. The lowest BCUT2D eigenvalue weighted by atomic mass is 9.56. The minimum absolute atomic E-state index is 0.0478. The molecule has 2 fully saturated rings. The first kappa shape index (κ1) is 20.7. The highest BCUT2D eigenvalue weighted by atomic mass is 35.5. The third kappa shape index (κ3) is 3.92. The summed E-state index contributed by atoms with van der Waals surface area (Å²) in [6.07, 6.45) is 6.24. The number of amides is 1. The molecule has 1 N–H and O–H groups in total. The average Bonchev–Trinajstić information content (AvgIpc) is 2.96. The molecule has 0 radical (unpaired) electrons. The van der Waals surface area contributed by atoms with E-state index in [0.717, 1.165) is 36.1 Å². The highest BCUT2D eigenvalue weighted by molar-refractivity contribution is 6.34. The number of hydrogen-bond donors (Lipinski definition) is 1. The topological polar surface area (TPSA) is 69.3 Å². The molecule has 1 aromatic heterocycles. The summed E-state index contributed by atoms with van der Waals surface area (Å²) in [6.45, 7) is 6.35. The van der Waals surface area contributed by atoms with Crippen molar-refractivity contribution in [1.82, 2.24) is 20.0 Å². The van der Waals surface area contributed by atoms with Gasteiger partial charge >= 0.3 is 0 Å². The van der Waals surface area contributed by atoms with Crippen molar-refractivity contribution in [3.63, 3.8) is 0 Å². The van der Waals surface area contributed by atoms with Crippen LogP contribution in [0.4, 0.5) is 0 Å². The van der Waals surface area contributed by atoms with Gasteiger partial charge in [0, 0.05) is 39.3 Å². The Morgan fingerprint density at radius 3 is 2.81 bits per heavy atom. The number of aromatic nitrogens is 2. The quantitative estimate of drug-likeness (QED) is 0.749. The molecule has 1 saturated heterocycles. The maximum atomic E-state index is 12.4. The van der Waals surface area contributed by atoms with Crippen molar-refractivity contribution in [2.75, 3.05) is 26.7 Å². The van der Waals surface area contributed by atoms with Gasteiger partial charge in [-0.15, -0.1) is 0 Å². The number of aromatic amines is 1. The van der Waals surface area contributed by atoms with Crippen molar-refractivity contribution in [2.45, 2.75) is 39.2 Å². The molecule has 1 spiro atoms. The van der Waals surface area contributed by atoms with E-state index in [4.69, 9.17) is 11.6 Å². The van der Waals surface area contributed by atoms with Gasteiger partial charge in [0.2, 0.25) is 0 Å². The molecule has 7 heteroatoms. The van der Waals surface area contributed by atoms with Crippen LogP contribution >= 0.6 is 11.6 Å². The first-order valence-corrected chi connectivity index (χ1v) is 11.5. The molecule has 5 rings (SSSR count). The van der Waals surface area contributed by atoms with E-state index in [-0.39, 0.29) is 11.5 Å². The van der Waals surface area contributed by atoms with E-state index in [1.54, 1.807) is 17.2 Å². The van der Waals surface area contributed by atoms with Crippen LogP contribution in [0.25, 0.3) is 0 Å². The number of likely N-dealkylation sites (tertiary alicyclic amines) is 1. The van der Waals surface area contributed by atoms with Gasteiger partial charge in [-0.1, -0.05) is 24.6 Å². The summed E-state index contributed by atoms with van der Waals surface area (Å²) in [6, 6.07) is 5.66. The predicted molar refractivity (Wildman–Crippen MR) is 120 cm³/mol. The number of carbonyl (C=O) groups is 1. The molecule has 3 aliphatic rings. The number of hydrogen-bond acceptors (Lipinski definition) is 4. The van der Waals surface area contributed by atoms with Gasteiger partial charge in [0.25, 0.3) is 11.5 Å². The van der Waals surface area contributed by atoms with Crippen LogP contribution in [-0.4, -0.2) is 52.6 Å². The fraction of sp³-hybridized carbons (Fsp3) is 0.542. The molecule has 1 amide bonds. The second-order valence-corrected chi connectivity index (χ2v) is 10.5. The predicted octanol–water partition coefficient (Wildman–Crippen LogP) is 3.14. The van der Waals surface area contributed by atoms with E-state index in [1.165, 1.54) is 31.5 Å². The van der Waals surface area contributed by atoms with Gasteiger partial charge in [0.1, 0.15) is 0 Å². The molecule has 0 bridgehead atoms. The monoisotopic (exact) mass is 440 g/mol. The van der Waals surface area contributed by atoms with Crippen LogP contribution in [0.1, 0.15) is 46.8 Å². The number of rotatable bonds is 6. The summed E-state index contributed by atoms with van der Waals surface area (Å²) in [5.41, 5.74) is 4.53. The Hall–Kier alpha value is -2.18. The third-order valence-corrected chi connectivity index (χ3v) is 7.58. The summed E-state index contributed by atoms with van der Waals surface area (Å²) in [4.78, 5) is 28.1. The lowest BCUT2D eigenvalue weighted by molar-refractivity contribution is -0.0980. The van der Waals surface area contributed by atoms with E-state index in [2.05, 4.69) is 28.1 Å². The number of nitrogens with zero attached hydrogens (tertiary/aromatic N) is 3. The lowest BCUT2D eigenvalue weighted by Crippen LogP contribution is -2.63. The van der Waals surface area contributed by atoms with Crippen molar-refractivity contribution in [1.29, 1.82) is 0 Å². The van der Waals surface area contributed by atoms with Gasteiger partial charge in [-0.2, -0.15) is 5.10 Å². The molecule has 1 saturated carbocycles. The van der Waals surface area contributed by atoms with Crippen molar-refractivity contribution in [3.8, 4) is 0 Å². The van der Waals surface area contributed by atoms with Gasteiger partial charge in [0.15, 0.2) is 0 Å². The van der Waals surface area contributed by atoms with Crippen LogP contribution in [0.5, 0.6) is 0 Å². The molecule has 164 valence electrons. The molecule has 3 heterocycles. The highest BCUT2D eigenvalue weighted by Gasteiger charge is 2.52. The highest BCUT2D eigenvalue weighted by Crippen LogP contribution is 2.53. The van der Waals surface area contributed by atoms with Gasteiger partial charge in [-0.3, -0.25) is 9.59 Å². The summed E-state index contributed by atoms with van der Waals surface area (Å²) < 4.78 is 0. The van der Waals surface area contributed by atoms with E-state index >= 15 is 0 Å². The Morgan fingerprint density at radius 2 is 2.06 bits per heavy atom. The molecule has 1 aliphatic carbocycles. The maximum absolute atomic E-state index is 12.4. The van der Waals surface area contributed by atoms with Gasteiger partial charge < -0.3 is 9.80 Å². The fourth-order valence-electron chi connectivity index (χ4n) is 6.11. The van der Waals surface area contributed by atoms with Gasteiger partial charge in [0.05, 0.1) is 16.8 Å². The minimum atomic E-state index is -0.129. The SMILES string of the molecule is C[C@@H](Cc1cn[nH]c(=O)c1)CN1CC2(CC(Cc3ccc(Cl)c4c3CN(C)C4=O)C2)C1. The average molecular weight is 441 g/mol. The second kappa shape index (κ2) is 7.75. The smallest absolute Gasteiger partial charge is 0.264 e. The number of halogens is 1. The van der Waals surface area contributed by atoms with Gasteiger partial charge in [-0.25, -0.2) is 5.10 Å². The zero-order chi connectivity index (χ0) is 21.8. The zero-order valence-corrected chi connectivity index (χ0v) is 18.9. The van der Waals surface area contributed by atoms with Crippen molar-refractivity contribution in [3.05, 3.63) is 62.0 Å². The standard InChI is InChI=1S/C24H29ClN4O2/c1-15(5-16-7-21(30)27-26-10-16)11-29-13-24(14-29)8-17(9-24)6-18-3-4-20(25)22-19(18)12-28(2)23(22)31/h3-4,7,10,15,17H,5-6,8-9,11-14H2,1-2H3,(H,27,30)/t15-/m0/s1. The molecule has 2 aliphatic heterocycles. The number of nitrogens with one attached hydrogen (secondary N) is 1. The fourth-order valence-corrected chi connectivity index (χ4v) is 6.37. The van der Waals surface area contributed by atoms with E-state index in [0.29, 0.717) is 28.8 Å². The van der Waals surface area contributed by atoms with Crippen LogP contribution in [-0.2, 0) is 19.4 Å². The third-order valence-electron chi connectivity index (χ3n) is 7.26. The molecule has 0 unspecified atom stereocenters. The minimum Gasteiger partial charge on any atom is -0.337 e. The second-order valence-electron chi connectivity index (χ2n) is 10.1. The zero-order valence-electron chi connectivity index (χ0n) is 18.2. The summed E-state index contributed by atoms with van der Waals surface area (Å²) in [5, 5.41) is 6.91. The van der Waals surface area contributed by atoms with Gasteiger partial charge in [-0.05, 0) is 65.7 Å². The Balaban J connectivity index is 1.11. The van der Waals surface area contributed by atoms with Crippen LogP contribution in [0.15, 0.2) is 29.2 Å². The Labute approximate surface area is 187 Å². The maximum Gasteiger partial charge on any atom is 0.264 e. The Morgan fingerprint density at radius 1 is 1.29 bits per heavy atom. The first-order chi connectivity index (χ1) is 14.8. The van der Waals surface area contributed by atoms with Crippen molar-refractivity contribution >= 4 is 17.5 Å².